The van der Waals surface area contributed by atoms with Crippen LogP contribution in [0, 0.1) is 13.8 Å². The van der Waals surface area contributed by atoms with Gasteiger partial charge in [-0.25, -0.2) is 4.98 Å². The summed E-state index contributed by atoms with van der Waals surface area (Å²) in [6.07, 6.45) is 1.34. The molecule has 2 nitrogen and oxygen atoms in total. The van der Waals surface area contributed by atoms with Crippen molar-refractivity contribution in [2.45, 2.75) is 32.8 Å². The number of thiazole rings is 1. The minimum atomic E-state index is -0.369. The summed E-state index contributed by atoms with van der Waals surface area (Å²) in [6.45, 7) is 3.94. The Bertz CT molecular complexity index is 448. The molecule has 1 atom stereocenters. The topological polar surface area (TPSA) is 33.1 Å². The first kappa shape index (κ1) is 11.8. The lowest BCUT2D eigenvalue weighted by molar-refractivity contribution is 0.170. The Morgan fingerprint density at radius 3 is 2.81 bits per heavy atom. The average molecular weight is 253 g/mol. The zero-order chi connectivity index (χ0) is 11.5. The fourth-order valence-electron chi connectivity index (χ4n) is 1.73. The Labute approximate surface area is 104 Å². The van der Waals surface area contributed by atoms with Gasteiger partial charge in [-0.2, -0.15) is 11.3 Å². The van der Waals surface area contributed by atoms with Crippen LogP contribution in [0.2, 0.25) is 0 Å². The molecule has 0 radical (unpaired) electrons. The van der Waals surface area contributed by atoms with Gasteiger partial charge >= 0.3 is 0 Å². The summed E-state index contributed by atoms with van der Waals surface area (Å²) in [5.41, 5.74) is 2.28. The van der Waals surface area contributed by atoms with Crippen molar-refractivity contribution < 1.29 is 5.11 Å². The first-order valence-electron chi connectivity index (χ1n) is 5.30. The minimum Gasteiger partial charge on any atom is -0.387 e. The molecule has 2 heterocycles. The average Bonchev–Trinajstić information content (AvgIpc) is 2.84. The van der Waals surface area contributed by atoms with Gasteiger partial charge in [-0.05, 0) is 49.1 Å². The van der Waals surface area contributed by atoms with E-state index in [0.29, 0.717) is 0 Å². The number of aliphatic hydroxyl groups excluding tert-OH is 1. The molecule has 2 rings (SSSR count). The summed E-state index contributed by atoms with van der Waals surface area (Å²) in [5.74, 6) is 0. The second kappa shape index (κ2) is 5.08. The molecule has 2 aromatic rings. The number of aryl methyl sites for hydroxylation is 3. The highest BCUT2D eigenvalue weighted by atomic mass is 32.1. The molecule has 1 unspecified atom stereocenters. The van der Waals surface area contributed by atoms with Crippen molar-refractivity contribution in [1.82, 2.24) is 4.98 Å². The van der Waals surface area contributed by atoms with Gasteiger partial charge in [0.1, 0.15) is 0 Å². The minimum absolute atomic E-state index is 0.369. The predicted molar refractivity (Wildman–Crippen MR) is 69.2 cm³/mol. The fraction of sp³-hybridized carbons (Fsp3) is 0.417. The van der Waals surface area contributed by atoms with Crippen LogP contribution in [0.3, 0.4) is 0 Å². The monoisotopic (exact) mass is 253 g/mol. The molecule has 0 aliphatic rings. The maximum absolute atomic E-state index is 10.1. The molecule has 0 amide bonds. The summed E-state index contributed by atoms with van der Waals surface area (Å²) in [5, 5.41) is 15.3. The van der Waals surface area contributed by atoms with Crippen LogP contribution in [-0.4, -0.2) is 10.1 Å². The van der Waals surface area contributed by atoms with Crippen molar-refractivity contribution in [3.05, 3.63) is 38.0 Å². The largest absolute Gasteiger partial charge is 0.387 e. The molecule has 0 aliphatic carbocycles. The summed E-state index contributed by atoms with van der Waals surface area (Å²) in [6, 6.07) is 2.11. The number of hydrogen-bond acceptors (Lipinski definition) is 4. The van der Waals surface area contributed by atoms with Crippen LogP contribution in [0.5, 0.6) is 0 Å². The molecule has 0 saturated carbocycles. The normalized spacial score (nSPS) is 12.9. The Kier molecular flexibility index (Phi) is 3.74. The quantitative estimate of drug-likeness (QED) is 0.905. The van der Waals surface area contributed by atoms with Crippen molar-refractivity contribution in [2.75, 3.05) is 0 Å². The molecular formula is C12H15NOS2. The van der Waals surface area contributed by atoms with Crippen LogP contribution in [0.4, 0.5) is 0 Å². The highest BCUT2D eigenvalue weighted by Gasteiger charge is 2.14. The van der Waals surface area contributed by atoms with E-state index < -0.39 is 0 Å². The van der Waals surface area contributed by atoms with Crippen LogP contribution in [0.1, 0.15) is 33.7 Å². The van der Waals surface area contributed by atoms with Crippen LogP contribution in [0.25, 0.3) is 0 Å². The lowest BCUT2D eigenvalue weighted by atomic mass is 10.1. The number of aromatic nitrogens is 1. The number of nitrogens with zero attached hydrogens (tertiary/aromatic N) is 1. The lowest BCUT2D eigenvalue weighted by Gasteiger charge is -2.08. The third kappa shape index (κ3) is 2.70. The van der Waals surface area contributed by atoms with Crippen molar-refractivity contribution in [1.29, 1.82) is 0 Å². The van der Waals surface area contributed by atoms with Crippen LogP contribution < -0.4 is 0 Å². The van der Waals surface area contributed by atoms with E-state index in [1.165, 1.54) is 5.56 Å². The van der Waals surface area contributed by atoms with Crippen molar-refractivity contribution in [2.24, 2.45) is 0 Å². The summed E-state index contributed by atoms with van der Waals surface area (Å²) >= 11 is 3.30. The van der Waals surface area contributed by atoms with Crippen molar-refractivity contribution in [3.63, 3.8) is 0 Å². The molecule has 0 aliphatic heterocycles. The van der Waals surface area contributed by atoms with Crippen LogP contribution >= 0.6 is 22.7 Å². The molecule has 1 N–H and O–H groups in total. The van der Waals surface area contributed by atoms with Gasteiger partial charge in [-0.15, -0.1) is 11.3 Å². The lowest BCUT2D eigenvalue weighted by Crippen LogP contribution is -1.98. The number of hydrogen-bond donors (Lipinski definition) is 1. The Morgan fingerprint density at radius 2 is 2.25 bits per heavy atom. The van der Waals surface area contributed by atoms with E-state index in [1.807, 2.05) is 13.8 Å². The van der Waals surface area contributed by atoms with Gasteiger partial charge in [0.2, 0.25) is 0 Å². The van der Waals surface area contributed by atoms with E-state index in [2.05, 4.69) is 21.8 Å². The van der Waals surface area contributed by atoms with E-state index in [-0.39, 0.29) is 6.10 Å². The zero-order valence-electron chi connectivity index (χ0n) is 9.43. The van der Waals surface area contributed by atoms with E-state index in [0.717, 1.165) is 28.4 Å². The van der Waals surface area contributed by atoms with Crippen molar-refractivity contribution >= 4 is 22.7 Å². The molecule has 0 saturated heterocycles. The van der Waals surface area contributed by atoms with Gasteiger partial charge in [0.15, 0.2) is 0 Å². The van der Waals surface area contributed by atoms with Crippen LogP contribution in [-0.2, 0) is 6.42 Å². The van der Waals surface area contributed by atoms with Crippen LogP contribution in [0.15, 0.2) is 16.8 Å². The van der Waals surface area contributed by atoms with Gasteiger partial charge in [0.05, 0.1) is 21.7 Å². The van der Waals surface area contributed by atoms with E-state index in [1.54, 1.807) is 22.7 Å². The molecule has 16 heavy (non-hydrogen) atoms. The zero-order valence-corrected chi connectivity index (χ0v) is 11.1. The Balaban J connectivity index is 1.98. The number of aliphatic hydroxyl groups is 1. The highest BCUT2D eigenvalue weighted by molar-refractivity contribution is 7.11. The summed E-state index contributed by atoms with van der Waals surface area (Å²) in [7, 11) is 0. The standard InChI is InChI=1S/C12H15NOS2/c1-8-12(16-9(2)13-8)11(14)4-3-10-5-6-15-7-10/h5-7,11,14H,3-4H2,1-2H3. The second-order valence-electron chi connectivity index (χ2n) is 3.87. The summed E-state index contributed by atoms with van der Waals surface area (Å²) in [4.78, 5) is 5.36. The molecule has 0 spiro atoms. The molecular weight excluding hydrogens is 238 g/mol. The van der Waals surface area contributed by atoms with Crippen molar-refractivity contribution in [3.8, 4) is 0 Å². The highest BCUT2D eigenvalue weighted by Crippen LogP contribution is 2.28. The fourth-order valence-corrected chi connectivity index (χ4v) is 3.38. The molecule has 2 aromatic heterocycles. The Morgan fingerprint density at radius 1 is 1.44 bits per heavy atom. The molecule has 0 fully saturated rings. The molecule has 4 heteroatoms. The first-order valence-corrected chi connectivity index (χ1v) is 7.06. The molecule has 0 bridgehead atoms. The SMILES string of the molecule is Cc1nc(C)c(C(O)CCc2ccsc2)s1. The van der Waals surface area contributed by atoms with E-state index in [9.17, 15) is 5.11 Å². The predicted octanol–water partition coefficient (Wildman–Crippen LogP) is 3.49. The van der Waals surface area contributed by atoms with Gasteiger partial charge in [0, 0.05) is 0 Å². The van der Waals surface area contributed by atoms with Gasteiger partial charge in [0.25, 0.3) is 0 Å². The van der Waals surface area contributed by atoms with Gasteiger partial charge in [-0.1, -0.05) is 0 Å². The third-order valence-corrected chi connectivity index (χ3v) is 4.43. The van der Waals surface area contributed by atoms with E-state index in [4.69, 9.17) is 0 Å². The van der Waals surface area contributed by atoms with Gasteiger partial charge < -0.3 is 5.11 Å². The van der Waals surface area contributed by atoms with E-state index >= 15 is 0 Å². The van der Waals surface area contributed by atoms with Gasteiger partial charge in [-0.3, -0.25) is 0 Å². The number of rotatable bonds is 4. The smallest absolute Gasteiger partial charge is 0.0904 e. The Hall–Kier alpha value is -0.710. The molecule has 0 aromatic carbocycles. The molecule has 86 valence electrons. The summed E-state index contributed by atoms with van der Waals surface area (Å²) < 4.78 is 0. The second-order valence-corrected chi connectivity index (χ2v) is 5.88. The number of thiophene rings is 1. The first-order chi connectivity index (χ1) is 7.66. The third-order valence-electron chi connectivity index (χ3n) is 2.53. The maximum Gasteiger partial charge on any atom is 0.0904 e. The maximum atomic E-state index is 10.1.